The first-order valence-electron chi connectivity index (χ1n) is 10.9. The minimum Gasteiger partial charge on any atom is -0.352 e. The van der Waals surface area contributed by atoms with E-state index in [4.69, 9.17) is 0 Å². The number of aromatic nitrogens is 2. The first-order chi connectivity index (χ1) is 15.2. The number of carbonyl (C=O) groups is 2. The summed E-state index contributed by atoms with van der Waals surface area (Å²) in [5.74, 6) is -0.335. The van der Waals surface area contributed by atoms with Crippen LogP contribution in [0.1, 0.15) is 35.1 Å². The van der Waals surface area contributed by atoms with Gasteiger partial charge in [-0.3, -0.25) is 14.3 Å². The van der Waals surface area contributed by atoms with E-state index >= 15 is 0 Å². The number of fused-ring (bicyclic) bond motifs is 1. The summed E-state index contributed by atoms with van der Waals surface area (Å²) < 4.78 is 1.88. The van der Waals surface area contributed by atoms with E-state index in [1.807, 2.05) is 35.1 Å². The fourth-order valence-electron chi connectivity index (χ4n) is 4.54. The second-order valence-electron chi connectivity index (χ2n) is 8.45. The molecular weight excluding hydrogens is 388 g/mol. The van der Waals surface area contributed by atoms with E-state index in [0.29, 0.717) is 13.1 Å². The van der Waals surface area contributed by atoms with Gasteiger partial charge >= 0.3 is 0 Å². The van der Waals surface area contributed by atoms with Crippen molar-refractivity contribution in [2.24, 2.45) is 5.92 Å². The first kappa shape index (κ1) is 19.5. The Balaban J connectivity index is 1.16. The molecular formula is C25H26N4O2. The highest BCUT2D eigenvalue weighted by atomic mass is 16.2. The van der Waals surface area contributed by atoms with E-state index < -0.39 is 0 Å². The number of rotatable bonds is 6. The number of amides is 2. The predicted octanol–water partition coefficient (Wildman–Crippen LogP) is 3.09. The zero-order valence-electron chi connectivity index (χ0n) is 17.5. The van der Waals surface area contributed by atoms with Crippen molar-refractivity contribution in [1.29, 1.82) is 0 Å². The van der Waals surface area contributed by atoms with Gasteiger partial charge in [-0.1, -0.05) is 30.3 Å². The van der Waals surface area contributed by atoms with E-state index in [1.165, 1.54) is 17.5 Å². The van der Waals surface area contributed by atoms with Crippen LogP contribution >= 0.6 is 0 Å². The lowest BCUT2D eigenvalue weighted by Gasteiger charge is -2.18. The summed E-state index contributed by atoms with van der Waals surface area (Å²) in [5, 5.41) is 7.22. The molecule has 1 fully saturated rings. The van der Waals surface area contributed by atoms with E-state index in [2.05, 4.69) is 34.7 Å². The minimum atomic E-state index is -0.306. The van der Waals surface area contributed by atoms with Crippen LogP contribution in [0.15, 0.2) is 60.9 Å². The van der Waals surface area contributed by atoms with E-state index in [-0.39, 0.29) is 24.2 Å². The van der Waals surface area contributed by atoms with Crippen LogP contribution in [0.2, 0.25) is 0 Å². The molecule has 1 aliphatic carbocycles. The molecule has 1 aliphatic heterocycles. The van der Waals surface area contributed by atoms with Crippen molar-refractivity contribution in [1.82, 2.24) is 15.1 Å². The van der Waals surface area contributed by atoms with Crippen molar-refractivity contribution >= 4 is 17.5 Å². The van der Waals surface area contributed by atoms with Gasteiger partial charge in [0.15, 0.2) is 0 Å². The molecule has 158 valence electrons. The van der Waals surface area contributed by atoms with Gasteiger partial charge in [0.1, 0.15) is 0 Å². The van der Waals surface area contributed by atoms with Gasteiger partial charge in [0, 0.05) is 37.6 Å². The lowest BCUT2D eigenvalue weighted by atomic mass is 10.1. The van der Waals surface area contributed by atoms with Gasteiger partial charge in [0.2, 0.25) is 11.8 Å². The van der Waals surface area contributed by atoms with Crippen molar-refractivity contribution < 1.29 is 9.59 Å². The second kappa shape index (κ2) is 8.38. The van der Waals surface area contributed by atoms with Gasteiger partial charge in [0.25, 0.3) is 0 Å². The zero-order valence-corrected chi connectivity index (χ0v) is 17.5. The zero-order chi connectivity index (χ0) is 21.2. The fourth-order valence-corrected chi connectivity index (χ4v) is 4.54. The maximum absolute atomic E-state index is 12.7. The Morgan fingerprint density at radius 3 is 2.68 bits per heavy atom. The van der Waals surface area contributed by atoms with Gasteiger partial charge in [-0.15, -0.1) is 0 Å². The SMILES string of the molecule is O=C(NCc1ccc(Cn2cccn2)cc1)[C@H]1CC(=O)N(c2ccc3c(c2)CCC3)C1. The molecule has 31 heavy (non-hydrogen) atoms. The number of nitrogens with one attached hydrogen (secondary N) is 1. The van der Waals surface area contributed by atoms with Gasteiger partial charge in [-0.25, -0.2) is 0 Å². The minimum absolute atomic E-state index is 0.0288. The normalized spacial score (nSPS) is 17.7. The highest BCUT2D eigenvalue weighted by Crippen LogP contribution is 2.30. The molecule has 1 saturated heterocycles. The van der Waals surface area contributed by atoms with Crippen LogP contribution in [0.25, 0.3) is 0 Å². The highest BCUT2D eigenvalue weighted by Gasteiger charge is 2.35. The Bertz CT molecular complexity index is 1090. The molecule has 3 aromatic rings. The van der Waals surface area contributed by atoms with Crippen LogP contribution in [0, 0.1) is 5.92 Å². The van der Waals surface area contributed by atoms with Gasteiger partial charge < -0.3 is 10.2 Å². The Hall–Kier alpha value is -3.41. The first-order valence-corrected chi connectivity index (χ1v) is 10.9. The molecule has 0 spiro atoms. The Kier molecular flexibility index (Phi) is 5.28. The molecule has 0 unspecified atom stereocenters. The molecule has 1 N–H and O–H groups in total. The number of carbonyl (C=O) groups excluding carboxylic acids is 2. The topological polar surface area (TPSA) is 67.2 Å². The highest BCUT2D eigenvalue weighted by molar-refractivity contribution is 6.00. The number of hydrogen-bond donors (Lipinski definition) is 1. The summed E-state index contributed by atoms with van der Waals surface area (Å²) in [6.07, 6.45) is 7.36. The molecule has 5 rings (SSSR count). The summed E-state index contributed by atoms with van der Waals surface area (Å²) in [5.41, 5.74) is 5.85. The molecule has 0 bridgehead atoms. The van der Waals surface area contributed by atoms with Crippen molar-refractivity contribution in [2.75, 3.05) is 11.4 Å². The third-order valence-electron chi connectivity index (χ3n) is 6.28. The standard InChI is InChI=1S/C25H26N4O2/c30-24-14-22(17-29(24)23-10-9-20-3-1-4-21(20)13-23)25(31)26-15-18-5-7-19(8-6-18)16-28-12-2-11-27-28/h2,5-13,22H,1,3-4,14-17H2,(H,26,31)/t22-/m0/s1. The molecule has 6 nitrogen and oxygen atoms in total. The Morgan fingerprint density at radius 1 is 1.06 bits per heavy atom. The smallest absolute Gasteiger partial charge is 0.227 e. The van der Waals surface area contributed by atoms with Crippen molar-refractivity contribution in [3.05, 3.63) is 83.2 Å². The quantitative estimate of drug-likeness (QED) is 0.674. The van der Waals surface area contributed by atoms with Crippen LogP contribution in [0.4, 0.5) is 5.69 Å². The third-order valence-corrected chi connectivity index (χ3v) is 6.28. The van der Waals surface area contributed by atoms with Crippen molar-refractivity contribution in [3.8, 4) is 0 Å². The van der Waals surface area contributed by atoms with Crippen molar-refractivity contribution in [3.63, 3.8) is 0 Å². The van der Waals surface area contributed by atoms with Crippen LogP contribution in [-0.4, -0.2) is 28.1 Å². The summed E-state index contributed by atoms with van der Waals surface area (Å²) in [6, 6.07) is 16.3. The van der Waals surface area contributed by atoms with Gasteiger partial charge in [-0.05, 0) is 59.7 Å². The van der Waals surface area contributed by atoms with Gasteiger partial charge in [-0.2, -0.15) is 5.10 Å². The van der Waals surface area contributed by atoms with Crippen molar-refractivity contribution in [2.45, 2.75) is 38.8 Å². The average Bonchev–Trinajstić information content (AvgIpc) is 3.53. The number of aryl methyl sites for hydroxylation is 2. The summed E-state index contributed by atoms with van der Waals surface area (Å²) in [6.45, 7) is 1.64. The Labute approximate surface area is 181 Å². The molecule has 1 atom stereocenters. The Morgan fingerprint density at radius 2 is 1.87 bits per heavy atom. The molecule has 2 heterocycles. The fraction of sp³-hybridized carbons (Fsp3) is 0.320. The predicted molar refractivity (Wildman–Crippen MR) is 119 cm³/mol. The number of benzene rings is 2. The summed E-state index contributed by atoms with van der Waals surface area (Å²) >= 11 is 0. The molecule has 6 heteroatoms. The largest absolute Gasteiger partial charge is 0.352 e. The van der Waals surface area contributed by atoms with E-state index in [1.54, 1.807) is 11.1 Å². The monoisotopic (exact) mass is 414 g/mol. The maximum atomic E-state index is 12.7. The van der Waals surface area contributed by atoms with Gasteiger partial charge in [0.05, 0.1) is 12.5 Å². The van der Waals surface area contributed by atoms with E-state index in [9.17, 15) is 9.59 Å². The number of anilines is 1. The second-order valence-corrected chi connectivity index (χ2v) is 8.45. The third kappa shape index (κ3) is 4.24. The molecule has 2 amide bonds. The lowest BCUT2D eigenvalue weighted by molar-refractivity contribution is -0.126. The number of hydrogen-bond acceptors (Lipinski definition) is 3. The van der Waals surface area contributed by atoms with Crippen LogP contribution in [0.5, 0.6) is 0 Å². The molecule has 1 aromatic heterocycles. The maximum Gasteiger partial charge on any atom is 0.227 e. The van der Waals surface area contributed by atoms with E-state index in [0.717, 1.165) is 36.2 Å². The summed E-state index contributed by atoms with van der Waals surface area (Å²) in [4.78, 5) is 27.0. The molecule has 0 radical (unpaired) electrons. The lowest BCUT2D eigenvalue weighted by Crippen LogP contribution is -2.32. The number of nitrogens with zero attached hydrogens (tertiary/aromatic N) is 3. The van der Waals surface area contributed by atoms with Crippen LogP contribution in [0.3, 0.4) is 0 Å². The summed E-state index contributed by atoms with van der Waals surface area (Å²) in [7, 11) is 0. The average molecular weight is 415 g/mol. The molecule has 2 aromatic carbocycles. The molecule has 2 aliphatic rings. The van der Waals surface area contributed by atoms with Crippen LogP contribution < -0.4 is 10.2 Å². The molecule has 0 saturated carbocycles. The van der Waals surface area contributed by atoms with Crippen LogP contribution in [-0.2, 0) is 35.5 Å².